The molecule has 1 fully saturated rings. The largest absolute Gasteiger partial charge is 0.394 e. The summed E-state index contributed by atoms with van der Waals surface area (Å²) in [6.07, 6.45) is 2.63. The molecule has 1 aliphatic rings. The lowest BCUT2D eigenvalue weighted by atomic mass is 10.1. The average Bonchev–Trinajstić information content (AvgIpc) is 2.88. The summed E-state index contributed by atoms with van der Waals surface area (Å²) in [6, 6.07) is 0. The lowest BCUT2D eigenvalue weighted by Crippen LogP contribution is -2.47. The second kappa shape index (κ2) is 4.21. The predicted octanol–water partition coefficient (Wildman–Crippen LogP) is 0.383. The highest BCUT2D eigenvalue weighted by atomic mass is 16.5. The van der Waals surface area contributed by atoms with Crippen molar-refractivity contribution in [1.82, 2.24) is 5.32 Å². The minimum atomic E-state index is -0.269. The Kier molecular flexibility index (Phi) is 3.50. The van der Waals surface area contributed by atoms with E-state index in [1.54, 1.807) is 0 Å². The van der Waals surface area contributed by atoms with Crippen LogP contribution in [-0.4, -0.2) is 37.5 Å². The van der Waals surface area contributed by atoms with Gasteiger partial charge in [0.05, 0.1) is 18.8 Å². The molecule has 0 aliphatic heterocycles. The summed E-state index contributed by atoms with van der Waals surface area (Å²) in [5.74, 6) is 0.796. The van der Waals surface area contributed by atoms with Crippen molar-refractivity contribution in [1.29, 1.82) is 0 Å². The fraction of sp³-hybridized carbons (Fsp3) is 1.00. The number of ether oxygens (including phenoxy) is 1. The fourth-order valence-corrected chi connectivity index (χ4v) is 0.932. The third-order valence-electron chi connectivity index (χ3n) is 2.42. The van der Waals surface area contributed by atoms with Gasteiger partial charge in [0.15, 0.2) is 0 Å². The highest BCUT2D eigenvalue weighted by molar-refractivity contribution is 4.80. The second-order valence-corrected chi connectivity index (χ2v) is 3.93. The van der Waals surface area contributed by atoms with E-state index in [1.165, 1.54) is 12.8 Å². The van der Waals surface area contributed by atoms with Crippen LogP contribution in [-0.2, 0) is 4.74 Å². The zero-order chi connectivity index (χ0) is 9.03. The van der Waals surface area contributed by atoms with Gasteiger partial charge in [-0.15, -0.1) is 0 Å². The molecule has 0 aromatic carbocycles. The van der Waals surface area contributed by atoms with Crippen LogP contribution < -0.4 is 5.32 Å². The number of rotatable bonds is 6. The molecule has 0 saturated heterocycles. The van der Waals surface area contributed by atoms with Gasteiger partial charge in [0.2, 0.25) is 0 Å². The SMILES string of the molecule is CNC(C)(CO)COCC1CC1. The van der Waals surface area contributed by atoms with Gasteiger partial charge in [-0.3, -0.25) is 0 Å². The van der Waals surface area contributed by atoms with Crippen LogP contribution in [0, 0.1) is 5.92 Å². The van der Waals surface area contributed by atoms with E-state index in [9.17, 15) is 0 Å². The van der Waals surface area contributed by atoms with Crippen molar-refractivity contribution in [2.45, 2.75) is 25.3 Å². The molecule has 1 saturated carbocycles. The molecule has 0 aromatic heterocycles. The first-order valence-electron chi connectivity index (χ1n) is 4.58. The fourth-order valence-electron chi connectivity index (χ4n) is 0.932. The molecule has 0 radical (unpaired) electrons. The van der Waals surface area contributed by atoms with Crippen molar-refractivity contribution in [3.63, 3.8) is 0 Å². The Labute approximate surface area is 74.1 Å². The highest BCUT2D eigenvalue weighted by Gasteiger charge is 2.25. The van der Waals surface area contributed by atoms with Crippen molar-refractivity contribution in [2.75, 3.05) is 26.9 Å². The summed E-state index contributed by atoms with van der Waals surface area (Å²) in [4.78, 5) is 0. The third kappa shape index (κ3) is 3.09. The lowest BCUT2D eigenvalue weighted by molar-refractivity contribution is 0.0433. The molecule has 1 atom stereocenters. The zero-order valence-corrected chi connectivity index (χ0v) is 7.97. The standard InChI is InChI=1S/C9H19NO2/c1-9(6-11,10-2)7-12-5-8-3-4-8/h8,10-11H,3-7H2,1-2H3. The van der Waals surface area contributed by atoms with Crippen LogP contribution >= 0.6 is 0 Å². The van der Waals surface area contributed by atoms with Gasteiger partial charge in [-0.1, -0.05) is 0 Å². The van der Waals surface area contributed by atoms with E-state index in [0.717, 1.165) is 12.5 Å². The van der Waals surface area contributed by atoms with Crippen LogP contribution in [0.25, 0.3) is 0 Å². The molecule has 0 spiro atoms. The summed E-state index contributed by atoms with van der Waals surface area (Å²) in [7, 11) is 1.84. The Balaban J connectivity index is 2.08. The quantitative estimate of drug-likeness (QED) is 0.610. The van der Waals surface area contributed by atoms with Gasteiger partial charge in [-0.2, -0.15) is 0 Å². The van der Waals surface area contributed by atoms with Gasteiger partial charge in [0, 0.05) is 6.61 Å². The van der Waals surface area contributed by atoms with E-state index in [1.807, 2.05) is 14.0 Å². The number of hydrogen-bond acceptors (Lipinski definition) is 3. The molecule has 0 bridgehead atoms. The highest BCUT2D eigenvalue weighted by Crippen LogP contribution is 2.28. The molecule has 1 unspecified atom stereocenters. The summed E-state index contributed by atoms with van der Waals surface area (Å²) < 4.78 is 5.48. The molecule has 3 nitrogen and oxygen atoms in total. The van der Waals surface area contributed by atoms with Crippen molar-refractivity contribution < 1.29 is 9.84 Å². The van der Waals surface area contributed by atoms with Gasteiger partial charge in [-0.05, 0) is 32.7 Å². The van der Waals surface area contributed by atoms with E-state index in [2.05, 4.69) is 5.32 Å². The maximum Gasteiger partial charge on any atom is 0.0668 e. The first-order valence-corrected chi connectivity index (χ1v) is 4.58. The Morgan fingerprint density at radius 1 is 1.58 bits per heavy atom. The van der Waals surface area contributed by atoms with Gasteiger partial charge < -0.3 is 15.2 Å². The lowest BCUT2D eigenvalue weighted by Gasteiger charge is -2.26. The molecular formula is C9H19NO2. The molecule has 0 aromatic rings. The minimum Gasteiger partial charge on any atom is -0.394 e. The van der Waals surface area contributed by atoms with Crippen LogP contribution in [0.15, 0.2) is 0 Å². The number of aliphatic hydroxyl groups excluding tert-OH is 1. The van der Waals surface area contributed by atoms with E-state index < -0.39 is 0 Å². The number of hydrogen-bond donors (Lipinski definition) is 2. The zero-order valence-electron chi connectivity index (χ0n) is 7.97. The Morgan fingerprint density at radius 3 is 2.67 bits per heavy atom. The molecule has 3 heteroatoms. The Bertz CT molecular complexity index is 130. The topological polar surface area (TPSA) is 41.5 Å². The van der Waals surface area contributed by atoms with Crippen molar-refractivity contribution >= 4 is 0 Å². The monoisotopic (exact) mass is 173 g/mol. The van der Waals surface area contributed by atoms with Crippen LogP contribution in [0.3, 0.4) is 0 Å². The number of aliphatic hydroxyl groups is 1. The van der Waals surface area contributed by atoms with Gasteiger partial charge in [0.25, 0.3) is 0 Å². The molecule has 1 aliphatic carbocycles. The molecule has 0 amide bonds. The molecule has 2 N–H and O–H groups in total. The van der Waals surface area contributed by atoms with E-state index >= 15 is 0 Å². The van der Waals surface area contributed by atoms with Crippen molar-refractivity contribution in [2.24, 2.45) is 5.92 Å². The minimum absolute atomic E-state index is 0.119. The van der Waals surface area contributed by atoms with Crippen molar-refractivity contribution in [3.8, 4) is 0 Å². The maximum absolute atomic E-state index is 9.02. The van der Waals surface area contributed by atoms with E-state index in [0.29, 0.717) is 6.61 Å². The molecule has 72 valence electrons. The van der Waals surface area contributed by atoms with E-state index in [-0.39, 0.29) is 12.1 Å². The number of likely N-dealkylation sites (N-methyl/N-ethyl adjacent to an activating group) is 1. The molecule has 12 heavy (non-hydrogen) atoms. The van der Waals surface area contributed by atoms with Gasteiger partial charge in [-0.25, -0.2) is 0 Å². The van der Waals surface area contributed by atoms with Gasteiger partial charge in [0.1, 0.15) is 0 Å². The molecule has 1 rings (SSSR count). The smallest absolute Gasteiger partial charge is 0.0668 e. The predicted molar refractivity (Wildman–Crippen MR) is 48.1 cm³/mol. The normalized spacial score (nSPS) is 22.2. The van der Waals surface area contributed by atoms with Crippen LogP contribution in [0.5, 0.6) is 0 Å². The molecule has 0 heterocycles. The van der Waals surface area contributed by atoms with Gasteiger partial charge >= 0.3 is 0 Å². The third-order valence-corrected chi connectivity index (χ3v) is 2.42. The van der Waals surface area contributed by atoms with E-state index in [4.69, 9.17) is 9.84 Å². The molecular weight excluding hydrogens is 154 g/mol. The summed E-state index contributed by atoms with van der Waals surface area (Å²) >= 11 is 0. The van der Waals surface area contributed by atoms with Crippen LogP contribution in [0.2, 0.25) is 0 Å². The Morgan fingerprint density at radius 2 is 2.25 bits per heavy atom. The van der Waals surface area contributed by atoms with Crippen molar-refractivity contribution in [3.05, 3.63) is 0 Å². The summed E-state index contributed by atoms with van der Waals surface area (Å²) in [5, 5.41) is 12.1. The second-order valence-electron chi connectivity index (χ2n) is 3.93. The van der Waals surface area contributed by atoms with Crippen LogP contribution in [0.1, 0.15) is 19.8 Å². The number of nitrogens with one attached hydrogen (secondary N) is 1. The average molecular weight is 173 g/mol. The Hall–Kier alpha value is -0.120. The first kappa shape index (κ1) is 9.96. The summed E-state index contributed by atoms with van der Waals surface area (Å²) in [6.45, 7) is 3.53. The maximum atomic E-state index is 9.02. The van der Waals surface area contributed by atoms with Crippen LogP contribution in [0.4, 0.5) is 0 Å². The first-order chi connectivity index (χ1) is 5.70. The summed E-state index contributed by atoms with van der Waals surface area (Å²) in [5.41, 5.74) is -0.269.